The first-order valence-electron chi connectivity index (χ1n) is 3.70. The van der Waals surface area contributed by atoms with Crippen LogP contribution < -0.4 is 0 Å². The first-order chi connectivity index (χ1) is 5.66. The van der Waals surface area contributed by atoms with Gasteiger partial charge in [-0.05, 0) is 24.6 Å². The van der Waals surface area contributed by atoms with Crippen LogP contribution in [0.5, 0.6) is 0 Å². The summed E-state index contributed by atoms with van der Waals surface area (Å²) in [7, 11) is 0. The highest BCUT2D eigenvalue weighted by Crippen LogP contribution is 2.23. The average Bonchev–Trinajstić information content (AvgIpc) is 2.30. The predicted molar refractivity (Wildman–Crippen MR) is 48.5 cm³/mol. The number of hydrogen-bond acceptors (Lipinski definition) is 2. The van der Waals surface area contributed by atoms with E-state index in [2.05, 4.69) is 4.98 Å². The van der Waals surface area contributed by atoms with Crippen LogP contribution in [0.25, 0.3) is 11.1 Å². The molecule has 0 radical (unpaired) electrons. The van der Waals surface area contributed by atoms with Crippen molar-refractivity contribution in [1.29, 1.82) is 0 Å². The molecule has 3 heteroatoms. The molecular weight excluding hydrogens is 174 g/mol. The molecule has 0 unspecified atom stereocenters. The van der Waals surface area contributed by atoms with Crippen molar-refractivity contribution in [2.45, 2.75) is 13.8 Å². The minimum atomic E-state index is 0.673. The average molecular weight is 182 g/mol. The molecular formula is C9H8ClNO. The van der Waals surface area contributed by atoms with Crippen molar-refractivity contribution in [2.75, 3.05) is 0 Å². The van der Waals surface area contributed by atoms with Crippen molar-refractivity contribution >= 4 is 22.7 Å². The van der Waals surface area contributed by atoms with Crippen LogP contribution in [0.3, 0.4) is 0 Å². The molecule has 0 bridgehead atoms. The number of aromatic nitrogens is 1. The van der Waals surface area contributed by atoms with Gasteiger partial charge in [-0.1, -0.05) is 11.6 Å². The Morgan fingerprint density at radius 1 is 1.33 bits per heavy atom. The molecule has 0 aliphatic heterocycles. The minimum absolute atomic E-state index is 0.673. The van der Waals surface area contributed by atoms with Crippen molar-refractivity contribution in [3.8, 4) is 0 Å². The Balaban J connectivity index is 2.83. The van der Waals surface area contributed by atoms with E-state index in [0.717, 1.165) is 21.7 Å². The molecule has 62 valence electrons. The van der Waals surface area contributed by atoms with Crippen LogP contribution in [0.15, 0.2) is 16.5 Å². The maximum absolute atomic E-state index is 5.92. The van der Waals surface area contributed by atoms with Gasteiger partial charge >= 0.3 is 0 Å². The quantitative estimate of drug-likeness (QED) is 0.624. The van der Waals surface area contributed by atoms with Crippen molar-refractivity contribution in [3.63, 3.8) is 0 Å². The fourth-order valence-corrected chi connectivity index (χ4v) is 1.32. The molecule has 2 nitrogen and oxygen atoms in total. The summed E-state index contributed by atoms with van der Waals surface area (Å²) in [5.41, 5.74) is 2.64. The maximum atomic E-state index is 5.92. The summed E-state index contributed by atoms with van der Waals surface area (Å²) >= 11 is 5.92. The Morgan fingerprint density at radius 2 is 2.08 bits per heavy atom. The van der Waals surface area contributed by atoms with E-state index >= 15 is 0 Å². The van der Waals surface area contributed by atoms with Crippen molar-refractivity contribution in [3.05, 3.63) is 28.6 Å². The second kappa shape index (κ2) is 2.49. The highest BCUT2D eigenvalue weighted by Gasteiger charge is 2.04. The van der Waals surface area contributed by atoms with Crippen molar-refractivity contribution in [1.82, 2.24) is 4.98 Å². The van der Waals surface area contributed by atoms with E-state index in [4.69, 9.17) is 16.0 Å². The van der Waals surface area contributed by atoms with Gasteiger partial charge in [0, 0.05) is 11.9 Å². The summed E-state index contributed by atoms with van der Waals surface area (Å²) in [6.45, 7) is 3.77. The molecule has 0 fully saturated rings. The summed E-state index contributed by atoms with van der Waals surface area (Å²) in [5, 5.41) is 0.732. The van der Waals surface area contributed by atoms with Crippen LogP contribution in [0, 0.1) is 13.8 Å². The molecule has 2 aromatic rings. The summed E-state index contributed by atoms with van der Waals surface area (Å²) in [6.07, 6.45) is 0. The van der Waals surface area contributed by atoms with Crippen LogP contribution in [-0.2, 0) is 0 Å². The van der Waals surface area contributed by atoms with E-state index in [1.807, 2.05) is 26.0 Å². The van der Waals surface area contributed by atoms with Crippen LogP contribution in [0.4, 0.5) is 0 Å². The Bertz CT molecular complexity index is 394. The molecule has 0 N–H and O–H groups in total. The van der Waals surface area contributed by atoms with Gasteiger partial charge in [0.05, 0.1) is 0 Å². The lowest BCUT2D eigenvalue weighted by Crippen LogP contribution is -1.74. The second-order valence-electron chi connectivity index (χ2n) is 2.80. The number of benzene rings is 1. The number of hydrogen-bond donors (Lipinski definition) is 0. The molecule has 2 rings (SSSR count). The number of rotatable bonds is 0. The van der Waals surface area contributed by atoms with Crippen molar-refractivity contribution < 1.29 is 4.42 Å². The number of fused-ring (bicyclic) bond motifs is 1. The highest BCUT2D eigenvalue weighted by molar-refractivity contribution is 6.32. The molecule has 0 atom stereocenters. The molecule has 0 amide bonds. The van der Waals surface area contributed by atoms with Crippen LogP contribution in [0.1, 0.15) is 11.5 Å². The number of aryl methyl sites for hydroxylation is 2. The minimum Gasteiger partial charge on any atom is -0.441 e. The third kappa shape index (κ3) is 1.08. The predicted octanol–water partition coefficient (Wildman–Crippen LogP) is 3.10. The molecule has 0 spiro atoms. The fraction of sp³-hybridized carbons (Fsp3) is 0.222. The van der Waals surface area contributed by atoms with Gasteiger partial charge in [0.2, 0.25) is 0 Å². The standard InChI is InChI=1S/C9H8ClNO/c1-5-3-9-8(4-7(5)10)11-6(2)12-9/h3-4H,1-2H3. The van der Waals surface area contributed by atoms with Gasteiger partial charge in [0.25, 0.3) is 0 Å². The first kappa shape index (κ1) is 7.62. The van der Waals surface area contributed by atoms with Gasteiger partial charge in [-0.3, -0.25) is 0 Å². The van der Waals surface area contributed by atoms with E-state index in [1.54, 1.807) is 0 Å². The van der Waals surface area contributed by atoms with Crippen LogP contribution >= 0.6 is 11.6 Å². The molecule has 1 aromatic carbocycles. The summed E-state index contributed by atoms with van der Waals surface area (Å²) < 4.78 is 5.33. The van der Waals surface area contributed by atoms with Crippen LogP contribution in [-0.4, -0.2) is 4.98 Å². The monoisotopic (exact) mass is 181 g/mol. The number of nitrogens with zero attached hydrogens (tertiary/aromatic N) is 1. The summed E-state index contributed by atoms with van der Waals surface area (Å²) in [5.74, 6) is 0.673. The van der Waals surface area contributed by atoms with E-state index in [9.17, 15) is 0 Å². The third-order valence-corrected chi connectivity index (χ3v) is 2.18. The second-order valence-corrected chi connectivity index (χ2v) is 3.21. The first-order valence-corrected chi connectivity index (χ1v) is 4.08. The summed E-state index contributed by atoms with van der Waals surface area (Å²) in [4.78, 5) is 4.16. The summed E-state index contributed by atoms with van der Waals surface area (Å²) in [6, 6.07) is 3.72. The topological polar surface area (TPSA) is 26.0 Å². The van der Waals surface area contributed by atoms with Crippen LogP contribution in [0.2, 0.25) is 5.02 Å². The lowest BCUT2D eigenvalue weighted by Gasteiger charge is -1.93. The van der Waals surface area contributed by atoms with Gasteiger partial charge in [0.15, 0.2) is 11.5 Å². The largest absolute Gasteiger partial charge is 0.441 e. The molecule has 0 aliphatic carbocycles. The Hall–Kier alpha value is -1.02. The Labute approximate surface area is 75.2 Å². The zero-order chi connectivity index (χ0) is 8.72. The molecule has 12 heavy (non-hydrogen) atoms. The van der Waals surface area contributed by atoms with Crippen molar-refractivity contribution in [2.24, 2.45) is 0 Å². The smallest absolute Gasteiger partial charge is 0.192 e. The highest BCUT2D eigenvalue weighted by atomic mass is 35.5. The maximum Gasteiger partial charge on any atom is 0.192 e. The SMILES string of the molecule is Cc1nc2cc(Cl)c(C)cc2o1. The Kier molecular flexibility index (Phi) is 1.58. The van der Waals surface area contributed by atoms with E-state index < -0.39 is 0 Å². The molecule has 1 heterocycles. The molecule has 1 aromatic heterocycles. The zero-order valence-electron chi connectivity index (χ0n) is 6.89. The normalized spacial score (nSPS) is 10.9. The third-order valence-electron chi connectivity index (χ3n) is 1.78. The Morgan fingerprint density at radius 3 is 2.83 bits per heavy atom. The molecule has 0 saturated heterocycles. The van der Waals surface area contributed by atoms with Gasteiger partial charge in [-0.2, -0.15) is 0 Å². The molecule has 0 saturated carbocycles. The lowest BCUT2D eigenvalue weighted by molar-refractivity contribution is 0.561. The van der Waals surface area contributed by atoms with E-state index in [0.29, 0.717) is 5.89 Å². The fourth-order valence-electron chi connectivity index (χ4n) is 1.17. The zero-order valence-corrected chi connectivity index (χ0v) is 7.64. The number of oxazole rings is 1. The molecule has 0 aliphatic rings. The van der Waals surface area contributed by atoms with Gasteiger partial charge < -0.3 is 4.42 Å². The van der Waals surface area contributed by atoms with Gasteiger partial charge in [-0.15, -0.1) is 0 Å². The van der Waals surface area contributed by atoms with Gasteiger partial charge in [-0.25, -0.2) is 4.98 Å². The number of halogens is 1. The van der Waals surface area contributed by atoms with Gasteiger partial charge in [0.1, 0.15) is 5.52 Å². The van der Waals surface area contributed by atoms with E-state index in [-0.39, 0.29) is 0 Å². The van der Waals surface area contributed by atoms with E-state index in [1.165, 1.54) is 0 Å². The lowest BCUT2D eigenvalue weighted by atomic mass is 10.2.